The fourth-order valence-corrected chi connectivity index (χ4v) is 7.19. The molecule has 7 rings (SSSR count). The number of hydrogen-bond acceptors (Lipinski definition) is 10. The largest absolute Gasteiger partial charge is 0.374 e. The van der Waals surface area contributed by atoms with Gasteiger partial charge in [-0.1, -0.05) is 121 Å². The van der Waals surface area contributed by atoms with E-state index in [1.165, 1.54) is 21.5 Å². The van der Waals surface area contributed by atoms with Crippen molar-refractivity contribution < 1.29 is 28.4 Å². The maximum atomic E-state index is 14.4. The number of aromatic nitrogens is 4. The van der Waals surface area contributed by atoms with Crippen LogP contribution < -0.4 is 22.5 Å². The molecule has 0 aliphatic carbocycles. The zero-order valence-electron chi connectivity index (χ0n) is 35.0. The fraction of sp³-hybridized carbons (Fsp3) is 0.333. The van der Waals surface area contributed by atoms with E-state index in [0.717, 1.165) is 31.4 Å². The van der Waals surface area contributed by atoms with Gasteiger partial charge in [-0.2, -0.15) is 0 Å². The summed E-state index contributed by atoms with van der Waals surface area (Å²) >= 11 is 0. The molecule has 4 aromatic carbocycles. The molecule has 14 nitrogen and oxygen atoms in total. The van der Waals surface area contributed by atoms with Gasteiger partial charge in [-0.25, -0.2) is 9.59 Å². The molecule has 0 fully saturated rings. The maximum absolute atomic E-state index is 14.4. The summed E-state index contributed by atoms with van der Waals surface area (Å²) in [4.78, 5) is 56.5. The summed E-state index contributed by atoms with van der Waals surface area (Å²) in [7, 11) is 0. The van der Waals surface area contributed by atoms with Crippen LogP contribution in [0.3, 0.4) is 0 Å². The maximum Gasteiger partial charge on any atom is 0.332 e. The Balaban J connectivity index is 1.29. The minimum absolute atomic E-state index is 0.0281. The Labute approximate surface area is 359 Å². The second-order valence-corrected chi connectivity index (χ2v) is 15.3. The topological polar surface area (TPSA) is 143 Å². The summed E-state index contributed by atoms with van der Waals surface area (Å²) in [5, 5.41) is 0. The first-order chi connectivity index (χ1) is 30.2. The zero-order valence-corrected chi connectivity index (χ0v) is 35.0. The van der Waals surface area contributed by atoms with Gasteiger partial charge in [0.15, 0.2) is 0 Å². The molecule has 324 valence electrons. The van der Waals surface area contributed by atoms with Crippen molar-refractivity contribution in [3.05, 3.63) is 209 Å². The number of nitrogens with zero attached hydrogens (tertiary/aromatic N) is 4. The van der Waals surface area contributed by atoms with Crippen LogP contribution in [0, 0.1) is 13.8 Å². The first-order valence-corrected chi connectivity index (χ1v) is 20.6. The van der Waals surface area contributed by atoms with Crippen molar-refractivity contribution in [1.82, 2.24) is 18.3 Å². The van der Waals surface area contributed by atoms with E-state index >= 15 is 0 Å². The molecule has 3 heterocycles. The Bertz CT molecular complexity index is 2400. The molecule has 4 atom stereocenters. The Morgan fingerprint density at radius 1 is 0.484 bits per heavy atom. The van der Waals surface area contributed by atoms with Crippen molar-refractivity contribution in [3.63, 3.8) is 0 Å². The van der Waals surface area contributed by atoms with E-state index in [-0.39, 0.29) is 66.2 Å². The molecular weight excluding hydrogens is 793 g/mol. The number of hydrogen-bond donors (Lipinski definition) is 0. The molecule has 1 aliphatic rings. The van der Waals surface area contributed by atoms with Gasteiger partial charge in [0.05, 0.1) is 52.7 Å². The summed E-state index contributed by atoms with van der Waals surface area (Å²) in [6.07, 6.45) is -0.782. The van der Waals surface area contributed by atoms with E-state index in [1.807, 2.05) is 121 Å². The third kappa shape index (κ3) is 11.7. The third-order valence-electron chi connectivity index (χ3n) is 10.6. The van der Waals surface area contributed by atoms with E-state index in [9.17, 15) is 19.2 Å². The monoisotopic (exact) mass is 844 g/mol. The van der Waals surface area contributed by atoms with Crippen molar-refractivity contribution in [3.8, 4) is 0 Å². The van der Waals surface area contributed by atoms with Crippen LogP contribution in [-0.4, -0.2) is 55.9 Å². The molecule has 14 heteroatoms. The molecule has 0 amide bonds. The fourth-order valence-electron chi connectivity index (χ4n) is 7.19. The van der Waals surface area contributed by atoms with Crippen LogP contribution in [0.15, 0.2) is 153 Å². The van der Waals surface area contributed by atoms with Gasteiger partial charge in [-0.05, 0) is 36.1 Å². The Morgan fingerprint density at radius 3 is 1.15 bits per heavy atom. The molecule has 62 heavy (non-hydrogen) atoms. The summed E-state index contributed by atoms with van der Waals surface area (Å²) in [5.41, 5.74) is 1.87. The SMILES string of the molecule is Cc1cn2c(=O)n(c1=O)C[C@@H](OCc1ccccc1)[C@H](COCc1ccccc1)OCn1cc(C)c(=O)n(c1=O)C[C@@H](OCc1ccccc1)[C@H](COCc1ccccc1)OC2. The van der Waals surface area contributed by atoms with E-state index in [2.05, 4.69) is 0 Å². The lowest BCUT2D eigenvalue weighted by molar-refractivity contribution is -0.138. The third-order valence-corrected chi connectivity index (χ3v) is 10.6. The van der Waals surface area contributed by atoms with Gasteiger partial charge in [0, 0.05) is 23.5 Å². The van der Waals surface area contributed by atoms with E-state index in [1.54, 1.807) is 13.8 Å². The van der Waals surface area contributed by atoms with Crippen LogP contribution in [0.1, 0.15) is 33.4 Å². The predicted octanol–water partition coefficient (Wildman–Crippen LogP) is 4.95. The van der Waals surface area contributed by atoms with Gasteiger partial charge in [-0.15, -0.1) is 0 Å². The molecule has 0 radical (unpaired) electrons. The second-order valence-electron chi connectivity index (χ2n) is 15.3. The van der Waals surface area contributed by atoms with Crippen molar-refractivity contribution in [2.75, 3.05) is 13.2 Å². The molecule has 0 saturated heterocycles. The Kier molecular flexibility index (Phi) is 15.4. The summed E-state index contributed by atoms with van der Waals surface area (Å²) in [5.74, 6) is 0. The van der Waals surface area contributed by atoms with Crippen LogP contribution in [0.4, 0.5) is 0 Å². The lowest BCUT2D eigenvalue weighted by Crippen LogP contribution is -2.50. The number of ether oxygens (including phenoxy) is 6. The Morgan fingerprint density at radius 2 is 0.806 bits per heavy atom. The van der Waals surface area contributed by atoms with Crippen molar-refractivity contribution in [2.45, 2.75) is 91.2 Å². The highest BCUT2D eigenvalue weighted by Gasteiger charge is 2.30. The molecule has 0 unspecified atom stereocenters. The molecular formula is C48H52N4O10. The van der Waals surface area contributed by atoms with E-state index in [0.29, 0.717) is 11.1 Å². The standard InChI is InChI=1S/C48H52N4O10/c1-35-23-49-33-61-44(32-58-28-38-17-9-4-10-18-38)42(60-30-40-21-13-6-14-22-40)26-52-46(54)36(2)24-50(48(52)56)34-62-43(31-57-27-37-15-7-3-8-16-37)41(25-51(45(35)53)47(49)55)59-29-39-19-11-5-12-20-39/h3-24,41-44H,25-34H2,1-2H3/t41-,42-,43+,44+/m1/s1. The first kappa shape index (κ1) is 44.1. The van der Waals surface area contributed by atoms with Gasteiger partial charge in [0.2, 0.25) is 0 Å². The Hall–Kier alpha value is -6.00. The van der Waals surface area contributed by atoms with Crippen molar-refractivity contribution >= 4 is 0 Å². The van der Waals surface area contributed by atoms with Crippen LogP contribution >= 0.6 is 0 Å². The summed E-state index contributed by atoms with van der Waals surface area (Å²) < 4.78 is 43.3. The number of aryl methyl sites for hydroxylation is 2. The number of fused-ring (bicyclic) bond motifs is 4. The highest BCUT2D eigenvalue weighted by molar-refractivity contribution is 5.16. The average molecular weight is 845 g/mol. The predicted molar refractivity (Wildman–Crippen MR) is 231 cm³/mol. The van der Waals surface area contributed by atoms with Crippen LogP contribution in [-0.2, 0) is 81.4 Å². The van der Waals surface area contributed by atoms with Gasteiger partial charge >= 0.3 is 11.4 Å². The first-order valence-electron chi connectivity index (χ1n) is 20.6. The quantitative estimate of drug-likeness (QED) is 0.148. The van der Waals surface area contributed by atoms with Crippen LogP contribution in [0.25, 0.3) is 0 Å². The van der Waals surface area contributed by atoms with Crippen LogP contribution in [0.2, 0.25) is 0 Å². The number of rotatable bonds is 14. The summed E-state index contributed by atoms with van der Waals surface area (Å²) in [6.45, 7) is 2.88. The molecule has 6 aromatic rings. The highest BCUT2D eigenvalue weighted by Crippen LogP contribution is 2.17. The molecule has 0 spiro atoms. The average Bonchev–Trinajstić information content (AvgIpc) is 3.30. The molecule has 1 aliphatic heterocycles. The van der Waals surface area contributed by atoms with Gasteiger partial charge in [0.25, 0.3) is 11.1 Å². The van der Waals surface area contributed by atoms with Crippen molar-refractivity contribution in [1.29, 1.82) is 0 Å². The van der Waals surface area contributed by atoms with Gasteiger partial charge in [-0.3, -0.25) is 27.9 Å². The molecule has 0 saturated carbocycles. The molecule has 4 bridgehead atoms. The van der Waals surface area contributed by atoms with Crippen molar-refractivity contribution in [2.24, 2.45) is 0 Å². The highest BCUT2D eigenvalue weighted by atomic mass is 16.6. The lowest BCUT2D eigenvalue weighted by atomic mass is 10.1. The van der Waals surface area contributed by atoms with Crippen LogP contribution in [0.5, 0.6) is 0 Å². The van der Waals surface area contributed by atoms with E-state index in [4.69, 9.17) is 28.4 Å². The van der Waals surface area contributed by atoms with Gasteiger partial charge < -0.3 is 28.4 Å². The molecule has 2 aromatic heterocycles. The minimum Gasteiger partial charge on any atom is -0.374 e. The zero-order chi connectivity index (χ0) is 43.3. The smallest absolute Gasteiger partial charge is 0.332 e. The number of benzene rings is 4. The second kappa shape index (κ2) is 21.7. The minimum atomic E-state index is -0.932. The summed E-state index contributed by atoms with van der Waals surface area (Å²) in [6, 6.07) is 38.2. The lowest BCUT2D eigenvalue weighted by Gasteiger charge is -2.30. The van der Waals surface area contributed by atoms with E-state index < -0.39 is 46.9 Å². The molecule has 0 N–H and O–H groups in total. The van der Waals surface area contributed by atoms with Gasteiger partial charge in [0.1, 0.15) is 37.9 Å². The normalized spacial score (nSPS) is 18.4.